The molecule has 0 fully saturated rings. The fraction of sp³-hybridized carbons (Fsp3) is 0.333. The summed E-state index contributed by atoms with van der Waals surface area (Å²) in [7, 11) is 0. The summed E-state index contributed by atoms with van der Waals surface area (Å²) in [5.74, 6) is 0. The van der Waals surface area contributed by atoms with Crippen LogP contribution in [0.2, 0.25) is 0 Å². The van der Waals surface area contributed by atoms with Gasteiger partial charge in [-0.05, 0) is 24.1 Å². The van der Waals surface area contributed by atoms with Crippen LogP contribution < -0.4 is 0 Å². The van der Waals surface area contributed by atoms with Crippen molar-refractivity contribution in [1.82, 2.24) is 14.8 Å². The van der Waals surface area contributed by atoms with Gasteiger partial charge in [0.15, 0.2) is 0 Å². The highest BCUT2D eigenvalue weighted by molar-refractivity contribution is 9.10. The number of rotatable bonds is 4. The number of hydrogen-bond acceptors (Lipinski definition) is 3. The second-order valence-corrected chi connectivity index (χ2v) is 4.90. The normalized spacial score (nSPS) is 14.5. The van der Waals surface area contributed by atoms with Gasteiger partial charge in [0.25, 0.3) is 0 Å². The lowest BCUT2D eigenvalue weighted by Gasteiger charge is -2.27. The van der Waals surface area contributed by atoms with Crippen molar-refractivity contribution in [3.05, 3.63) is 47.0 Å². The largest absolute Gasteiger partial charge is 0.383 e. The average Bonchev–Trinajstić information content (AvgIpc) is 2.82. The molecule has 1 atom stereocenters. The van der Waals surface area contributed by atoms with E-state index in [9.17, 15) is 5.11 Å². The van der Waals surface area contributed by atoms with E-state index in [2.05, 4.69) is 26.0 Å². The summed E-state index contributed by atoms with van der Waals surface area (Å²) in [5.41, 5.74) is -0.0206. The molecule has 0 bridgehead atoms. The molecule has 0 saturated carbocycles. The van der Waals surface area contributed by atoms with E-state index < -0.39 is 5.60 Å². The van der Waals surface area contributed by atoms with Gasteiger partial charge in [0.1, 0.15) is 18.3 Å². The van der Waals surface area contributed by atoms with Gasteiger partial charge < -0.3 is 5.11 Å². The standard InChI is InChI=1S/C12H14BrN3O/c1-2-12(17,7-16-9-14-8-15-16)10-3-5-11(13)6-4-10/h3-6,8-9,17H,2,7H2,1H3. The molecule has 1 aromatic carbocycles. The number of nitrogens with zero attached hydrogens (tertiary/aromatic N) is 3. The van der Waals surface area contributed by atoms with Crippen molar-refractivity contribution in [1.29, 1.82) is 0 Å². The van der Waals surface area contributed by atoms with Gasteiger partial charge in [-0.3, -0.25) is 0 Å². The highest BCUT2D eigenvalue weighted by atomic mass is 79.9. The van der Waals surface area contributed by atoms with Gasteiger partial charge in [0, 0.05) is 4.47 Å². The molecule has 5 heteroatoms. The van der Waals surface area contributed by atoms with Crippen LogP contribution in [0.4, 0.5) is 0 Å². The molecule has 1 aromatic heterocycles. The van der Waals surface area contributed by atoms with Crippen molar-refractivity contribution in [2.24, 2.45) is 0 Å². The first-order valence-corrected chi connectivity index (χ1v) is 6.24. The molecule has 0 spiro atoms. The second-order valence-electron chi connectivity index (χ2n) is 3.99. The van der Waals surface area contributed by atoms with E-state index in [4.69, 9.17) is 0 Å². The molecule has 2 rings (SSSR count). The third-order valence-electron chi connectivity index (χ3n) is 2.86. The van der Waals surface area contributed by atoms with E-state index in [1.165, 1.54) is 6.33 Å². The van der Waals surface area contributed by atoms with Crippen molar-refractivity contribution in [2.45, 2.75) is 25.5 Å². The monoisotopic (exact) mass is 295 g/mol. The van der Waals surface area contributed by atoms with Gasteiger partial charge in [-0.2, -0.15) is 5.10 Å². The zero-order valence-corrected chi connectivity index (χ0v) is 11.1. The number of aliphatic hydroxyl groups is 1. The van der Waals surface area contributed by atoms with Crippen LogP contribution in [0, 0.1) is 0 Å². The van der Waals surface area contributed by atoms with E-state index in [0.717, 1.165) is 10.0 Å². The first-order chi connectivity index (χ1) is 8.14. The smallest absolute Gasteiger partial charge is 0.137 e. The third-order valence-corrected chi connectivity index (χ3v) is 3.39. The minimum atomic E-state index is -0.908. The first-order valence-electron chi connectivity index (χ1n) is 5.45. The lowest BCUT2D eigenvalue weighted by atomic mass is 9.91. The summed E-state index contributed by atoms with van der Waals surface area (Å²) in [6.07, 6.45) is 3.70. The van der Waals surface area contributed by atoms with E-state index in [0.29, 0.717) is 13.0 Å². The van der Waals surface area contributed by atoms with E-state index in [1.54, 1.807) is 11.0 Å². The highest BCUT2D eigenvalue weighted by Crippen LogP contribution is 2.27. The highest BCUT2D eigenvalue weighted by Gasteiger charge is 2.28. The van der Waals surface area contributed by atoms with Crippen molar-refractivity contribution >= 4 is 15.9 Å². The number of hydrogen-bond donors (Lipinski definition) is 1. The van der Waals surface area contributed by atoms with Gasteiger partial charge in [-0.1, -0.05) is 35.0 Å². The minimum absolute atomic E-state index is 0.408. The molecule has 0 aliphatic heterocycles. The summed E-state index contributed by atoms with van der Waals surface area (Å²) in [6.45, 7) is 2.37. The molecule has 0 saturated heterocycles. The number of benzene rings is 1. The zero-order chi connectivity index (χ0) is 12.3. The van der Waals surface area contributed by atoms with Crippen LogP contribution in [0.3, 0.4) is 0 Å². The van der Waals surface area contributed by atoms with Crippen molar-refractivity contribution < 1.29 is 5.11 Å². The summed E-state index contributed by atoms with van der Waals surface area (Å²) in [6, 6.07) is 7.70. The molecule has 0 amide bonds. The Morgan fingerprint density at radius 1 is 1.35 bits per heavy atom. The van der Waals surface area contributed by atoms with Crippen molar-refractivity contribution in [2.75, 3.05) is 0 Å². The molecule has 4 nitrogen and oxygen atoms in total. The summed E-state index contributed by atoms with van der Waals surface area (Å²) < 4.78 is 2.64. The van der Waals surface area contributed by atoms with Crippen LogP contribution in [-0.4, -0.2) is 19.9 Å². The van der Waals surface area contributed by atoms with E-state index in [1.807, 2.05) is 31.2 Å². The zero-order valence-electron chi connectivity index (χ0n) is 9.55. The fourth-order valence-electron chi connectivity index (χ4n) is 1.75. The summed E-state index contributed by atoms with van der Waals surface area (Å²) in [4.78, 5) is 3.88. The maximum atomic E-state index is 10.7. The predicted octanol–water partition coefficient (Wildman–Crippen LogP) is 2.34. The Bertz CT molecular complexity index is 469. The Morgan fingerprint density at radius 3 is 2.59 bits per heavy atom. The Kier molecular flexibility index (Phi) is 3.59. The maximum absolute atomic E-state index is 10.7. The topological polar surface area (TPSA) is 50.9 Å². The van der Waals surface area contributed by atoms with E-state index in [-0.39, 0.29) is 0 Å². The lowest BCUT2D eigenvalue weighted by molar-refractivity contribution is 0.0109. The van der Waals surface area contributed by atoms with Gasteiger partial charge in [-0.15, -0.1) is 0 Å². The molecule has 0 aliphatic rings. The fourth-order valence-corrected chi connectivity index (χ4v) is 2.01. The van der Waals surface area contributed by atoms with Gasteiger partial charge in [0.05, 0.1) is 6.54 Å². The van der Waals surface area contributed by atoms with Crippen LogP contribution in [0.1, 0.15) is 18.9 Å². The van der Waals surface area contributed by atoms with Crippen molar-refractivity contribution in [3.63, 3.8) is 0 Å². The molecule has 90 valence electrons. The SMILES string of the molecule is CCC(O)(Cn1cncn1)c1ccc(Br)cc1. The van der Waals surface area contributed by atoms with Crippen LogP contribution >= 0.6 is 15.9 Å². The average molecular weight is 296 g/mol. The molecule has 0 radical (unpaired) electrons. The van der Waals surface area contributed by atoms with Gasteiger partial charge in [-0.25, -0.2) is 9.67 Å². The van der Waals surface area contributed by atoms with Crippen LogP contribution in [-0.2, 0) is 12.1 Å². The minimum Gasteiger partial charge on any atom is -0.383 e. The predicted molar refractivity (Wildman–Crippen MR) is 68.4 cm³/mol. The molecule has 1 unspecified atom stereocenters. The molecule has 1 heterocycles. The summed E-state index contributed by atoms with van der Waals surface area (Å²) >= 11 is 3.39. The number of halogens is 1. The van der Waals surface area contributed by atoms with Gasteiger partial charge >= 0.3 is 0 Å². The van der Waals surface area contributed by atoms with Crippen LogP contribution in [0.5, 0.6) is 0 Å². The van der Waals surface area contributed by atoms with E-state index >= 15 is 0 Å². The number of aromatic nitrogens is 3. The Hall–Kier alpha value is -1.20. The quantitative estimate of drug-likeness (QED) is 0.942. The Labute approximate surface area is 108 Å². The summed E-state index contributed by atoms with van der Waals surface area (Å²) in [5, 5.41) is 14.7. The van der Waals surface area contributed by atoms with Crippen molar-refractivity contribution in [3.8, 4) is 0 Å². The lowest BCUT2D eigenvalue weighted by Crippen LogP contribution is -2.30. The molecule has 1 N–H and O–H groups in total. The molecule has 2 aromatic rings. The van der Waals surface area contributed by atoms with Gasteiger partial charge in [0.2, 0.25) is 0 Å². The molecular weight excluding hydrogens is 282 g/mol. The molecule has 0 aliphatic carbocycles. The first kappa shape index (κ1) is 12.3. The third kappa shape index (κ3) is 2.73. The molecule has 17 heavy (non-hydrogen) atoms. The van der Waals surface area contributed by atoms with Crippen LogP contribution in [0.15, 0.2) is 41.4 Å². The Morgan fingerprint density at radius 2 is 2.06 bits per heavy atom. The maximum Gasteiger partial charge on any atom is 0.137 e. The Balaban J connectivity index is 2.27. The second kappa shape index (κ2) is 4.98. The molecular formula is C12H14BrN3O. The van der Waals surface area contributed by atoms with Crippen LogP contribution in [0.25, 0.3) is 0 Å².